The van der Waals surface area contributed by atoms with Gasteiger partial charge < -0.3 is 14.2 Å². The highest BCUT2D eigenvalue weighted by atomic mass is 35.5. The fraction of sp³-hybridized carbons (Fsp3) is 0.370. The third kappa shape index (κ3) is 6.72. The Morgan fingerprint density at radius 1 is 0.943 bits per heavy atom. The molecular formula is C27H29Cl2NO5. The summed E-state index contributed by atoms with van der Waals surface area (Å²) in [5.74, 6) is -2.68. The van der Waals surface area contributed by atoms with E-state index >= 15 is 0 Å². The molecule has 2 unspecified atom stereocenters. The Bertz CT molecular complexity index is 1110. The zero-order valence-electron chi connectivity index (χ0n) is 20.1. The van der Waals surface area contributed by atoms with Gasteiger partial charge in [0.2, 0.25) is 0 Å². The summed E-state index contributed by atoms with van der Waals surface area (Å²) in [7, 11) is 1.52. The molecule has 8 heteroatoms. The number of hydrogen-bond donors (Lipinski definition) is 0. The number of hydrogen-bond acceptors (Lipinski definition) is 6. The van der Waals surface area contributed by atoms with Gasteiger partial charge in [0.05, 0.1) is 28.8 Å². The molecule has 0 fully saturated rings. The summed E-state index contributed by atoms with van der Waals surface area (Å²) in [6.45, 7) is 4.02. The van der Waals surface area contributed by atoms with Gasteiger partial charge in [0.25, 0.3) is 0 Å². The molecule has 0 amide bonds. The molecular weight excluding hydrogens is 489 g/mol. The van der Waals surface area contributed by atoms with Gasteiger partial charge in [-0.3, -0.25) is 9.79 Å². The summed E-state index contributed by atoms with van der Waals surface area (Å²) in [6.07, 6.45) is 1.44. The average Bonchev–Trinajstić information content (AvgIpc) is 2.83. The van der Waals surface area contributed by atoms with E-state index in [9.17, 15) is 9.59 Å². The molecule has 1 aliphatic heterocycles. The minimum absolute atomic E-state index is 0.0804. The number of rotatable bonds is 10. The van der Waals surface area contributed by atoms with Gasteiger partial charge in [0, 0.05) is 24.4 Å². The van der Waals surface area contributed by atoms with Crippen LogP contribution in [0.1, 0.15) is 37.3 Å². The summed E-state index contributed by atoms with van der Waals surface area (Å²) in [5, 5.41) is 0.592. The fourth-order valence-corrected chi connectivity index (χ4v) is 4.61. The van der Waals surface area contributed by atoms with Crippen LogP contribution in [0, 0.1) is 5.92 Å². The van der Waals surface area contributed by atoms with Gasteiger partial charge >= 0.3 is 11.9 Å². The molecule has 0 saturated heterocycles. The van der Waals surface area contributed by atoms with Crippen molar-refractivity contribution in [3.63, 3.8) is 0 Å². The Balaban J connectivity index is 1.88. The fourth-order valence-electron chi connectivity index (χ4n) is 4.18. The van der Waals surface area contributed by atoms with E-state index in [2.05, 4.69) is 4.99 Å². The predicted octanol–water partition coefficient (Wildman–Crippen LogP) is 5.81. The van der Waals surface area contributed by atoms with Crippen molar-refractivity contribution in [2.24, 2.45) is 10.9 Å². The number of allylic oxidation sites excluding steroid dienone is 1. The number of ether oxygens (including phenoxy) is 3. The van der Waals surface area contributed by atoms with Gasteiger partial charge in [-0.2, -0.15) is 0 Å². The Hall–Kier alpha value is -2.67. The minimum Gasteiger partial charge on any atom is -0.463 e. The molecule has 3 rings (SSSR count). The minimum atomic E-state index is -0.863. The maximum absolute atomic E-state index is 13.3. The van der Waals surface area contributed by atoms with E-state index in [-0.39, 0.29) is 30.4 Å². The molecule has 0 aromatic heterocycles. The van der Waals surface area contributed by atoms with Crippen LogP contribution in [-0.2, 0) is 30.2 Å². The number of carbonyl (C=O) groups excluding carboxylic acids is 2. The molecule has 0 radical (unpaired) electrons. The van der Waals surface area contributed by atoms with Crippen LogP contribution in [-0.4, -0.2) is 44.6 Å². The highest BCUT2D eigenvalue weighted by Crippen LogP contribution is 2.44. The quantitative estimate of drug-likeness (QED) is 0.293. The maximum atomic E-state index is 13.3. The van der Waals surface area contributed by atoms with Crippen LogP contribution in [0.3, 0.4) is 0 Å². The number of carbonyl (C=O) groups is 2. The van der Waals surface area contributed by atoms with E-state index in [4.69, 9.17) is 37.4 Å². The first-order valence-corrected chi connectivity index (χ1v) is 12.2. The number of aliphatic imine (C=N–C) groups is 1. The van der Waals surface area contributed by atoms with E-state index in [1.807, 2.05) is 30.3 Å². The molecule has 2 atom stereocenters. The zero-order chi connectivity index (χ0) is 25.4. The van der Waals surface area contributed by atoms with Gasteiger partial charge in [0.1, 0.15) is 12.5 Å². The van der Waals surface area contributed by atoms with E-state index in [0.29, 0.717) is 28.4 Å². The normalized spacial score (nSPS) is 17.7. The summed E-state index contributed by atoms with van der Waals surface area (Å²) < 4.78 is 16.1. The molecule has 2 aromatic carbocycles. The molecule has 0 saturated carbocycles. The Morgan fingerprint density at radius 2 is 1.69 bits per heavy atom. The van der Waals surface area contributed by atoms with Crippen LogP contribution in [0.5, 0.6) is 0 Å². The van der Waals surface area contributed by atoms with Crippen molar-refractivity contribution in [1.29, 1.82) is 0 Å². The smallest absolute Gasteiger partial charge is 0.336 e. The Labute approximate surface area is 215 Å². The highest BCUT2D eigenvalue weighted by molar-refractivity contribution is 6.42. The van der Waals surface area contributed by atoms with Crippen molar-refractivity contribution in [2.75, 3.05) is 26.9 Å². The molecule has 1 aliphatic rings. The van der Waals surface area contributed by atoms with E-state index in [1.165, 1.54) is 12.7 Å². The third-order valence-corrected chi connectivity index (χ3v) is 6.67. The van der Waals surface area contributed by atoms with Gasteiger partial charge in [0.15, 0.2) is 0 Å². The largest absolute Gasteiger partial charge is 0.463 e. The van der Waals surface area contributed by atoms with Gasteiger partial charge in [-0.05, 0) is 43.9 Å². The van der Waals surface area contributed by atoms with Gasteiger partial charge in [-0.1, -0.05) is 65.7 Å². The summed E-state index contributed by atoms with van der Waals surface area (Å²) in [4.78, 5) is 31.0. The van der Waals surface area contributed by atoms with Crippen LogP contribution >= 0.6 is 23.2 Å². The van der Waals surface area contributed by atoms with E-state index in [0.717, 1.165) is 6.42 Å². The van der Waals surface area contributed by atoms with Crippen LogP contribution in [0.25, 0.3) is 0 Å². The molecule has 186 valence electrons. The number of esters is 2. The molecule has 0 aliphatic carbocycles. The first-order valence-electron chi connectivity index (χ1n) is 11.4. The predicted molar refractivity (Wildman–Crippen MR) is 137 cm³/mol. The molecule has 2 aromatic rings. The van der Waals surface area contributed by atoms with Crippen LogP contribution < -0.4 is 0 Å². The second-order valence-electron chi connectivity index (χ2n) is 8.24. The summed E-state index contributed by atoms with van der Waals surface area (Å²) >= 11 is 12.9. The first-order chi connectivity index (χ1) is 16.8. The molecule has 0 spiro atoms. The van der Waals surface area contributed by atoms with E-state index < -0.39 is 23.8 Å². The lowest BCUT2D eigenvalue weighted by molar-refractivity contribution is -0.148. The van der Waals surface area contributed by atoms with Crippen LogP contribution in [0.15, 0.2) is 64.8 Å². The lowest BCUT2D eigenvalue weighted by Gasteiger charge is -2.32. The number of aryl methyl sites for hydroxylation is 1. The second-order valence-corrected chi connectivity index (χ2v) is 9.02. The molecule has 0 N–H and O–H groups in total. The van der Waals surface area contributed by atoms with E-state index in [1.54, 1.807) is 32.0 Å². The average molecular weight is 518 g/mol. The Morgan fingerprint density at radius 3 is 2.40 bits per heavy atom. The van der Waals surface area contributed by atoms with Crippen molar-refractivity contribution in [1.82, 2.24) is 0 Å². The van der Waals surface area contributed by atoms with Crippen molar-refractivity contribution in [2.45, 2.75) is 32.6 Å². The number of benzene rings is 2. The molecule has 6 nitrogen and oxygen atoms in total. The zero-order valence-corrected chi connectivity index (χ0v) is 21.6. The highest BCUT2D eigenvalue weighted by Gasteiger charge is 2.43. The standard InChI is InChI=1S/C27H29Cl2NO5/c1-17-22(26(31)34-14-8-11-19-9-5-4-6-10-19)24(20-12-7-13-21(28)25(20)29)23(18(2)30-17)27(32)35-16-15-33-3/h4-7,9-10,12-13,23-24H,8,11,14-16H2,1-3H3. The topological polar surface area (TPSA) is 74.2 Å². The van der Waals surface area contributed by atoms with Crippen LogP contribution in [0.2, 0.25) is 10.0 Å². The van der Waals surface area contributed by atoms with Crippen molar-refractivity contribution < 1.29 is 23.8 Å². The number of nitrogens with zero attached hydrogens (tertiary/aromatic N) is 1. The summed E-state index contributed by atoms with van der Waals surface area (Å²) in [5.41, 5.74) is 2.97. The Kier molecular flexibility index (Phi) is 9.90. The maximum Gasteiger partial charge on any atom is 0.336 e. The van der Waals surface area contributed by atoms with Gasteiger partial charge in [-0.15, -0.1) is 0 Å². The van der Waals surface area contributed by atoms with Crippen molar-refractivity contribution >= 4 is 40.9 Å². The number of methoxy groups -OCH3 is 1. The van der Waals surface area contributed by atoms with Crippen molar-refractivity contribution in [3.05, 3.63) is 81.0 Å². The lowest BCUT2D eigenvalue weighted by Crippen LogP contribution is -2.37. The van der Waals surface area contributed by atoms with Crippen LogP contribution in [0.4, 0.5) is 0 Å². The second kappa shape index (κ2) is 12.9. The molecule has 0 bridgehead atoms. The number of halogens is 2. The third-order valence-electron chi connectivity index (χ3n) is 5.84. The summed E-state index contributed by atoms with van der Waals surface area (Å²) in [6, 6.07) is 15.1. The first kappa shape index (κ1) is 26.9. The molecule has 1 heterocycles. The SMILES string of the molecule is COCCOC(=O)C1C(C)=NC(C)=C(C(=O)OCCCc2ccccc2)C1c1cccc(Cl)c1Cl. The lowest BCUT2D eigenvalue weighted by atomic mass is 9.75. The molecule has 35 heavy (non-hydrogen) atoms. The van der Waals surface area contributed by atoms with Gasteiger partial charge in [-0.25, -0.2) is 4.79 Å². The monoisotopic (exact) mass is 517 g/mol. The van der Waals surface area contributed by atoms with Crippen molar-refractivity contribution in [3.8, 4) is 0 Å².